The minimum atomic E-state index is -0.249. The Balaban J connectivity index is 2.44. The number of allylic oxidation sites excluding steroid dienone is 5. The lowest BCUT2D eigenvalue weighted by Gasteiger charge is -2.36. The van der Waals surface area contributed by atoms with Crippen molar-refractivity contribution in [1.82, 2.24) is 0 Å². The highest BCUT2D eigenvalue weighted by Crippen LogP contribution is 2.49. The van der Waals surface area contributed by atoms with Gasteiger partial charge in [0, 0.05) is 6.08 Å². The van der Waals surface area contributed by atoms with Gasteiger partial charge in [-0.3, -0.25) is 0 Å². The van der Waals surface area contributed by atoms with E-state index in [4.69, 9.17) is 4.74 Å². The second-order valence-electron chi connectivity index (χ2n) is 7.99. The van der Waals surface area contributed by atoms with Crippen LogP contribution in [0.5, 0.6) is 0 Å². The molecule has 1 unspecified atom stereocenters. The van der Waals surface area contributed by atoms with Gasteiger partial charge in [0.25, 0.3) is 0 Å². The molecule has 0 N–H and O–H groups in total. The fraction of sp³-hybridized carbons (Fsp3) is 0.667. The van der Waals surface area contributed by atoms with Crippen LogP contribution in [0.2, 0.25) is 0 Å². The molecule has 0 heterocycles. The van der Waals surface area contributed by atoms with E-state index in [-0.39, 0.29) is 5.97 Å². The van der Waals surface area contributed by atoms with Crippen LogP contribution in [0.4, 0.5) is 0 Å². The summed E-state index contributed by atoms with van der Waals surface area (Å²) in [6, 6.07) is 0. The molecule has 0 fully saturated rings. The average molecular weight is 316 g/mol. The van der Waals surface area contributed by atoms with E-state index in [0.717, 1.165) is 12.0 Å². The van der Waals surface area contributed by atoms with Gasteiger partial charge in [0.05, 0.1) is 7.11 Å². The van der Waals surface area contributed by atoms with E-state index in [1.54, 1.807) is 17.2 Å². The first kappa shape index (κ1) is 18.0. The number of ether oxygens (including phenoxy) is 1. The predicted molar refractivity (Wildman–Crippen MR) is 96.1 cm³/mol. The first-order valence-electron chi connectivity index (χ1n) is 8.94. The first-order chi connectivity index (χ1) is 10.8. The fourth-order valence-corrected chi connectivity index (χ4v) is 4.19. The molecule has 0 aromatic heterocycles. The van der Waals surface area contributed by atoms with Crippen molar-refractivity contribution in [1.29, 1.82) is 0 Å². The van der Waals surface area contributed by atoms with Crippen molar-refractivity contribution in [2.24, 2.45) is 11.3 Å². The lowest BCUT2D eigenvalue weighted by molar-refractivity contribution is -0.134. The van der Waals surface area contributed by atoms with Gasteiger partial charge >= 0.3 is 5.97 Å². The maximum atomic E-state index is 11.5. The largest absolute Gasteiger partial charge is 0.466 e. The summed E-state index contributed by atoms with van der Waals surface area (Å²) in [5.74, 6) is 0.373. The summed E-state index contributed by atoms with van der Waals surface area (Å²) in [5.41, 5.74) is 7.70. The van der Waals surface area contributed by atoms with Gasteiger partial charge in [0.2, 0.25) is 0 Å². The summed E-state index contributed by atoms with van der Waals surface area (Å²) in [6.07, 6.45) is 8.76. The highest BCUT2D eigenvalue weighted by Gasteiger charge is 2.33. The van der Waals surface area contributed by atoms with Gasteiger partial charge < -0.3 is 4.74 Å². The summed E-state index contributed by atoms with van der Waals surface area (Å²) in [5, 5.41) is 0. The fourth-order valence-electron chi connectivity index (χ4n) is 4.19. The Bertz CT molecular complexity index is 573. The van der Waals surface area contributed by atoms with E-state index in [1.807, 2.05) is 6.92 Å². The molecule has 0 spiro atoms. The Labute approximate surface area is 141 Å². The van der Waals surface area contributed by atoms with E-state index in [2.05, 4.69) is 27.7 Å². The Kier molecular flexibility index (Phi) is 5.54. The smallest absolute Gasteiger partial charge is 0.330 e. The molecular weight excluding hydrogens is 284 g/mol. The quantitative estimate of drug-likeness (QED) is 0.489. The molecule has 0 aromatic carbocycles. The lowest BCUT2D eigenvalue weighted by Crippen LogP contribution is -2.21. The topological polar surface area (TPSA) is 26.3 Å². The SMILES string of the molecule is COC(=O)C=C(C)CC1=C(C)C(C)CCC2=C1CCCC2(C)C. The Morgan fingerprint density at radius 3 is 2.70 bits per heavy atom. The molecule has 0 saturated carbocycles. The van der Waals surface area contributed by atoms with E-state index in [0.29, 0.717) is 11.3 Å². The van der Waals surface area contributed by atoms with E-state index in [9.17, 15) is 4.79 Å². The Morgan fingerprint density at radius 2 is 2.04 bits per heavy atom. The molecule has 0 amide bonds. The van der Waals surface area contributed by atoms with Crippen molar-refractivity contribution in [2.75, 3.05) is 7.11 Å². The van der Waals surface area contributed by atoms with Gasteiger partial charge in [-0.25, -0.2) is 4.79 Å². The molecule has 2 heteroatoms. The zero-order valence-electron chi connectivity index (χ0n) is 15.7. The van der Waals surface area contributed by atoms with Crippen LogP contribution < -0.4 is 0 Å². The minimum Gasteiger partial charge on any atom is -0.466 e. The average Bonchev–Trinajstić information content (AvgIpc) is 2.60. The van der Waals surface area contributed by atoms with Gasteiger partial charge in [0.15, 0.2) is 0 Å². The Hall–Kier alpha value is -1.31. The van der Waals surface area contributed by atoms with Crippen LogP contribution >= 0.6 is 0 Å². The maximum absolute atomic E-state index is 11.5. The van der Waals surface area contributed by atoms with Crippen LogP contribution in [-0.4, -0.2) is 13.1 Å². The van der Waals surface area contributed by atoms with Gasteiger partial charge in [-0.2, -0.15) is 0 Å². The van der Waals surface area contributed by atoms with Gasteiger partial charge in [-0.15, -0.1) is 0 Å². The Morgan fingerprint density at radius 1 is 1.35 bits per heavy atom. The molecular formula is C21H32O2. The molecule has 2 aliphatic rings. The van der Waals surface area contributed by atoms with E-state index >= 15 is 0 Å². The summed E-state index contributed by atoms with van der Waals surface area (Å²) in [6.45, 7) is 11.5. The van der Waals surface area contributed by atoms with Gasteiger partial charge in [0.1, 0.15) is 0 Å². The van der Waals surface area contributed by atoms with Crippen molar-refractivity contribution in [2.45, 2.75) is 73.1 Å². The van der Waals surface area contributed by atoms with Crippen LogP contribution in [0, 0.1) is 11.3 Å². The zero-order chi connectivity index (χ0) is 17.2. The molecule has 0 aliphatic heterocycles. The highest BCUT2D eigenvalue weighted by atomic mass is 16.5. The molecule has 23 heavy (non-hydrogen) atoms. The zero-order valence-corrected chi connectivity index (χ0v) is 15.7. The summed E-state index contributed by atoms with van der Waals surface area (Å²) < 4.78 is 4.78. The van der Waals surface area contributed by atoms with E-state index < -0.39 is 0 Å². The maximum Gasteiger partial charge on any atom is 0.330 e. The number of hydrogen-bond donors (Lipinski definition) is 0. The first-order valence-corrected chi connectivity index (χ1v) is 8.94. The third kappa shape index (κ3) is 3.97. The number of methoxy groups -OCH3 is 1. The van der Waals surface area contributed by atoms with Crippen molar-refractivity contribution < 1.29 is 9.53 Å². The standard InChI is InChI=1S/C21H32O2/c1-14(13-20(22)23-6)12-18-16(3)15(2)9-10-19-17(18)8-7-11-21(19,4)5/h13,15H,7-12H2,1-6H3. The van der Waals surface area contributed by atoms with Crippen molar-refractivity contribution >= 4 is 5.97 Å². The van der Waals surface area contributed by atoms with E-state index in [1.165, 1.54) is 50.4 Å². The molecule has 2 nitrogen and oxygen atoms in total. The van der Waals surface area contributed by atoms with Crippen LogP contribution in [0.25, 0.3) is 0 Å². The number of rotatable bonds is 3. The highest BCUT2D eigenvalue weighted by molar-refractivity contribution is 5.82. The molecule has 128 valence electrons. The van der Waals surface area contributed by atoms with Crippen LogP contribution in [0.15, 0.2) is 33.9 Å². The predicted octanol–water partition coefficient (Wildman–Crippen LogP) is 5.75. The summed E-state index contributed by atoms with van der Waals surface area (Å²) in [7, 11) is 1.44. The third-order valence-corrected chi connectivity index (χ3v) is 5.84. The lowest BCUT2D eigenvalue weighted by atomic mass is 9.69. The monoisotopic (exact) mass is 316 g/mol. The number of hydrogen-bond acceptors (Lipinski definition) is 2. The molecule has 0 radical (unpaired) electrons. The molecule has 2 rings (SSSR count). The molecule has 1 atom stereocenters. The van der Waals surface area contributed by atoms with Crippen molar-refractivity contribution in [3.05, 3.63) is 33.9 Å². The molecule has 0 bridgehead atoms. The molecule has 0 saturated heterocycles. The third-order valence-electron chi connectivity index (χ3n) is 5.84. The van der Waals surface area contributed by atoms with Gasteiger partial charge in [-0.1, -0.05) is 37.5 Å². The van der Waals surface area contributed by atoms with Crippen LogP contribution in [-0.2, 0) is 9.53 Å². The number of carbonyl (C=O) groups excluding carboxylic acids is 1. The second-order valence-corrected chi connectivity index (χ2v) is 7.99. The van der Waals surface area contributed by atoms with Crippen LogP contribution in [0.3, 0.4) is 0 Å². The minimum absolute atomic E-state index is 0.249. The molecule has 0 aromatic rings. The van der Waals surface area contributed by atoms with Crippen molar-refractivity contribution in [3.63, 3.8) is 0 Å². The normalized spacial score (nSPS) is 25.1. The van der Waals surface area contributed by atoms with Gasteiger partial charge in [-0.05, 0) is 74.9 Å². The number of esters is 1. The number of carbonyl (C=O) groups is 1. The van der Waals surface area contributed by atoms with Crippen molar-refractivity contribution in [3.8, 4) is 0 Å². The summed E-state index contributed by atoms with van der Waals surface area (Å²) >= 11 is 0. The summed E-state index contributed by atoms with van der Waals surface area (Å²) in [4.78, 5) is 11.5. The second kappa shape index (κ2) is 7.07. The molecule has 2 aliphatic carbocycles. The van der Waals surface area contributed by atoms with Crippen LogP contribution in [0.1, 0.15) is 73.1 Å².